The van der Waals surface area contributed by atoms with Gasteiger partial charge in [-0.25, -0.2) is 5.01 Å². The van der Waals surface area contributed by atoms with Gasteiger partial charge in [-0.3, -0.25) is 14.4 Å². The fourth-order valence-corrected chi connectivity index (χ4v) is 2.54. The van der Waals surface area contributed by atoms with E-state index in [4.69, 9.17) is 0 Å². The lowest BCUT2D eigenvalue weighted by Crippen LogP contribution is -2.47. The van der Waals surface area contributed by atoms with Crippen molar-refractivity contribution in [3.8, 4) is 0 Å². The van der Waals surface area contributed by atoms with Crippen molar-refractivity contribution in [1.82, 2.24) is 10.0 Å². The van der Waals surface area contributed by atoms with Crippen LogP contribution in [0, 0.1) is 0 Å². The number of amides is 3. The average Bonchev–Trinajstić information content (AvgIpc) is 2.78. The van der Waals surface area contributed by atoms with Gasteiger partial charge in [-0.2, -0.15) is 5.01 Å². The fourth-order valence-electron chi connectivity index (χ4n) is 2.38. The molecule has 0 fully saturated rings. The summed E-state index contributed by atoms with van der Waals surface area (Å²) in [5.74, 6) is -1.03. The van der Waals surface area contributed by atoms with Crippen LogP contribution in [0.2, 0.25) is 0 Å². The monoisotopic (exact) mass is 312 g/mol. The Morgan fingerprint density at radius 3 is 1.91 bits per heavy atom. The molecule has 2 aromatic carbocycles. The van der Waals surface area contributed by atoms with E-state index in [1.165, 1.54) is 0 Å². The van der Waals surface area contributed by atoms with Gasteiger partial charge in [-0.05, 0) is 17.7 Å². The second kappa shape index (κ2) is 5.65. The molecule has 2 aromatic rings. The van der Waals surface area contributed by atoms with E-state index in [1.54, 1.807) is 24.3 Å². The SMILES string of the molecule is O=C(S)N(Cc1ccccc1)N1C(=O)c2ccccc2C1=O. The van der Waals surface area contributed by atoms with E-state index in [0.29, 0.717) is 11.1 Å². The molecule has 0 saturated heterocycles. The van der Waals surface area contributed by atoms with E-state index < -0.39 is 17.1 Å². The standard InChI is InChI=1S/C16H12N2O3S/c19-14-12-8-4-5-9-13(12)15(20)18(14)17(16(21)22)10-11-6-2-1-3-7-11/h1-9H,10H2,(H,21,22). The zero-order valence-electron chi connectivity index (χ0n) is 11.5. The van der Waals surface area contributed by atoms with Crippen molar-refractivity contribution < 1.29 is 14.4 Å². The molecule has 3 amide bonds. The van der Waals surface area contributed by atoms with Gasteiger partial charge in [0.15, 0.2) is 0 Å². The highest BCUT2D eigenvalue weighted by Crippen LogP contribution is 2.25. The van der Waals surface area contributed by atoms with Crippen molar-refractivity contribution >= 4 is 29.7 Å². The highest BCUT2D eigenvalue weighted by atomic mass is 32.1. The number of imide groups is 1. The molecule has 0 aliphatic carbocycles. The molecule has 0 atom stereocenters. The van der Waals surface area contributed by atoms with Gasteiger partial charge in [0, 0.05) is 0 Å². The first-order valence-electron chi connectivity index (χ1n) is 6.61. The van der Waals surface area contributed by atoms with Gasteiger partial charge >= 0.3 is 0 Å². The molecule has 1 heterocycles. The van der Waals surface area contributed by atoms with Crippen molar-refractivity contribution in [3.63, 3.8) is 0 Å². The summed E-state index contributed by atoms with van der Waals surface area (Å²) in [7, 11) is 0. The predicted molar refractivity (Wildman–Crippen MR) is 83.3 cm³/mol. The molecule has 0 bridgehead atoms. The lowest BCUT2D eigenvalue weighted by atomic mass is 10.1. The van der Waals surface area contributed by atoms with Gasteiger partial charge in [-0.15, -0.1) is 0 Å². The van der Waals surface area contributed by atoms with E-state index in [2.05, 4.69) is 12.6 Å². The van der Waals surface area contributed by atoms with Crippen LogP contribution < -0.4 is 0 Å². The summed E-state index contributed by atoms with van der Waals surface area (Å²) in [5, 5.41) is 1.23. The van der Waals surface area contributed by atoms with Crippen LogP contribution in [0.5, 0.6) is 0 Å². The lowest BCUT2D eigenvalue weighted by Gasteiger charge is -2.28. The van der Waals surface area contributed by atoms with Crippen molar-refractivity contribution in [3.05, 3.63) is 71.3 Å². The number of benzene rings is 2. The molecule has 0 unspecified atom stereocenters. The summed E-state index contributed by atoms with van der Waals surface area (Å²) in [6, 6.07) is 15.6. The molecule has 3 rings (SSSR count). The van der Waals surface area contributed by atoms with Crippen LogP contribution >= 0.6 is 12.6 Å². The van der Waals surface area contributed by atoms with Crippen molar-refractivity contribution in [1.29, 1.82) is 0 Å². The molecule has 5 nitrogen and oxygen atoms in total. The summed E-state index contributed by atoms with van der Waals surface area (Å²) < 4.78 is 0. The highest BCUT2D eigenvalue weighted by molar-refractivity contribution is 7.96. The van der Waals surface area contributed by atoms with Gasteiger partial charge in [0.25, 0.3) is 17.1 Å². The summed E-state index contributed by atoms with van der Waals surface area (Å²) in [5.41, 5.74) is 1.38. The van der Waals surface area contributed by atoms with Crippen LogP contribution in [0.15, 0.2) is 54.6 Å². The third-order valence-corrected chi connectivity index (χ3v) is 3.64. The third kappa shape index (κ3) is 2.37. The quantitative estimate of drug-likeness (QED) is 0.700. The maximum absolute atomic E-state index is 12.4. The Morgan fingerprint density at radius 2 is 1.41 bits per heavy atom. The first kappa shape index (κ1) is 14.3. The van der Waals surface area contributed by atoms with Gasteiger partial charge in [0.2, 0.25) is 0 Å². The van der Waals surface area contributed by atoms with Crippen LogP contribution in [0.25, 0.3) is 0 Å². The molecule has 0 radical (unpaired) electrons. The minimum absolute atomic E-state index is 0.0919. The number of carbonyl (C=O) groups excluding carboxylic acids is 3. The molecule has 0 saturated carbocycles. The topological polar surface area (TPSA) is 57.7 Å². The van der Waals surface area contributed by atoms with Crippen LogP contribution in [0.4, 0.5) is 4.79 Å². The minimum Gasteiger partial charge on any atom is -0.267 e. The van der Waals surface area contributed by atoms with Crippen LogP contribution in [-0.4, -0.2) is 27.1 Å². The van der Waals surface area contributed by atoms with E-state index in [1.807, 2.05) is 30.3 Å². The van der Waals surface area contributed by atoms with Gasteiger partial charge in [-0.1, -0.05) is 55.1 Å². The van der Waals surface area contributed by atoms with Crippen LogP contribution in [-0.2, 0) is 6.54 Å². The Labute approximate surface area is 132 Å². The molecule has 1 aliphatic rings. The average molecular weight is 312 g/mol. The third-order valence-electron chi connectivity index (χ3n) is 3.41. The molecular formula is C16H12N2O3S. The summed E-state index contributed by atoms with van der Waals surface area (Å²) in [6.45, 7) is 0.0919. The Hall–Kier alpha value is -2.60. The zero-order valence-corrected chi connectivity index (χ0v) is 12.4. The zero-order chi connectivity index (χ0) is 15.7. The number of fused-ring (bicyclic) bond motifs is 1. The maximum Gasteiger partial charge on any atom is 0.297 e. The Bertz CT molecular complexity index is 726. The normalized spacial score (nSPS) is 13.2. The summed E-state index contributed by atoms with van der Waals surface area (Å²) in [4.78, 5) is 36.7. The first-order chi connectivity index (χ1) is 10.6. The molecule has 0 aromatic heterocycles. The molecule has 0 spiro atoms. The molecule has 110 valence electrons. The van der Waals surface area contributed by atoms with Gasteiger partial charge in [0.1, 0.15) is 0 Å². The minimum atomic E-state index is -0.668. The van der Waals surface area contributed by atoms with E-state index >= 15 is 0 Å². The van der Waals surface area contributed by atoms with E-state index in [9.17, 15) is 14.4 Å². The van der Waals surface area contributed by atoms with E-state index in [0.717, 1.165) is 15.6 Å². The lowest BCUT2D eigenvalue weighted by molar-refractivity contribution is 0.0205. The molecule has 1 aliphatic heterocycles. The summed E-state index contributed by atoms with van der Waals surface area (Å²) in [6.07, 6.45) is 0. The number of thiol groups is 1. The number of hydrogen-bond acceptors (Lipinski definition) is 3. The Balaban J connectivity index is 1.95. The number of hydrogen-bond donors (Lipinski definition) is 1. The van der Waals surface area contributed by atoms with Crippen molar-refractivity contribution in [2.24, 2.45) is 0 Å². The largest absolute Gasteiger partial charge is 0.297 e. The smallest absolute Gasteiger partial charge is 0.267 e. The molecule has 0 N–H and O–H groups in total. The number of rotatable bonds is 3. The van der Waals surface area contributed by atoms with E-state index in [-0.39, 0.29) is 6.54 Å². The first-order valence-corrected chi connectivity index (χ1v) is 7.06. The Kier molecular flexibility index (Phi) is 3.68. The number of nitrogens with zero attached hydrogens (tertiary/aromatic N) is 2. The van der Waals surface area contributed by atoms with Gasteiger partial charge < -0.3 is 0 Å². The van der Waals surface area contributed by atoms with Crippen molar-refractivity contribution in [2.45, 2.75) is 6.54 Å². The predicted octanol–water partition coefficient (Wildman–Crippen LogP) is 2.75. The number of carbonyl (C=O) groups is 3. The van der Waals surface area contributed by atoms with Crippen LogP contribution in [0.1, 0.15) is 26.3 Å². The summed E-state index contributed by atoms with van der Waals surface area (Å²) >= 11 is 3.80. The maximum atomic E-state index is 12.4. The highest BCUT2D eigenvalue weighted by Gasteiger charge is 2.40. The van der Waals surface area contributed by atoms with Crippen LogP contribution in [0.3, 0.4) is 0 Å². The molecule has 22 heavy (non-hydrogen) atoms. The fraction of sp³-hybridized carbons (Fsp3) is 0.0625. The number of hydrazine groups is 1. The van der Waals surface area contributed by atoms with Crippen molar-refractivity contribution in [2.75, 3.05) is 0 Å². The molecule has 6 heteroatoms. The Morgan fingerprint density at radius 1 is 0.909 bits per heavy atom. The second-order valence-electron chi connectivity index (χ2n) is 4.79. The molecular weight excluding hydrogens is 300 g/mol. The van der Waals surface area contributed by atoms with Gasteiger partial charge in [0.05, 0.1) is 17.7 Å². The second-order valence-corrected chi connectivity index (χ2v) is 5.18.